The van der Waals surface area contributed by atoms with Crippen LogP contribution in [0, 0.1) is 6.92 Å². The molecule has 1 amide bonds. The molecular weight excluding hydrogens is 330 g/mol. The van der Waals surface area contributed by atoms with E-state index in [2.05, 4.69) is 21.2 Å². The van der Waals surface area contributed by atoms with E-state index in [1.807, 2.05) is 6.92 Å². The van der Waals surface area contributed by atoms with Crippen molar-refractivity contribution in [2.45, 2.75) is 6.92 Å². The van der Waals surface area contributed by atoms with Gasteiger partial charge in [-0.1, -0.05) is 11.6 Å². The molecule has 1 heterocycles. The van der Waals surface area contributed by atoms with E-state index < -0.39 is 0 Å². The maximum Gasteiger partial charge on any atom is 0.248 e. The molecule has 1 N–H and O–H groups in total. The Morgan fingerprint density at radius 3 is 2.79 bits per heavy atom. The van der Waals surface area contributed by atoms with Crippen LogP contribution in [0.3, 0.4) is 0 Å². The maximum atomic E-state index is 11.7. The number of rotatable bonds is 3. The lowest BCUT2D eigenvalue weighted by Gasteiger charge is -2.06. The summed E-state index contributed by atoms with van der Waals surface area (Å²) in [5.41, 5.74) is 1.65. The molecule has 0 atom stereocenters. The standard InChI is InChI=1S/C14H11BrClNO2/c1-9-8-10(16)2-5-12(9)17-14(18)7-4-11-3-6-13(15)19-11/h2-8H,1H3,(H,17,18). The summed E-state index contributed by atoms with van der Waals surface area (Å²) in [6.07, 6.45) is 3.02. The lowest BCUT2D eigenvalue weighted by atomic mass is 10.2. The number of aryl methyl sites for hydroxylation is 1. The zero-order valence-electron chi connectivity index (χ0n) is 10.1. The molecule has 0 unspecified atom stereocenters. The second kappa shape index (κ2) is 6.08. The SMILES string of the molecule is Cc1cc(Cl)ccc1NC(=O)C=Cc1ccc(Br)o1. The van der Waals surface area contributed by atoms with Gasteiger partial charge in [-0.25, -0.2) is 0 Å². The van der Waals surface area contributed by atoms with Gasteiger partial charge in [0, 0.05) is 16.8 Å². The third kappa shape index (κ3) is 3.98. The minimum Gasteiger partial charge on any atom is -0.450 e. The van der Waals surface area contributed by atoms with Crippen LogP contribution < -0.4 is 5.32 Å². The van der Waals surface area contributed by atoms with E-state index in [4.69, 9.17) is 16.0 Å². The van der Waals surface area contributed by atoms with E-state index in [0.29, 0.717) is 15.5 Å². The fraction of sp³-hybridized carbons (Fsp3) is 0.0714. The quantitative estimate of drug-likeness (QED) is 0.826. The summed E-state index contributed by atoms with van der Waals surface area (Å²) in [5, 5.41) is 3.42. The molecule has 0 aliphatic rings. The fourth-order valence-corrected chi connectivity index (χ4v) is 2.06. The smallest absolute Gasteiger partial charge is 0.248 e. The van der Waals surface area contributed by atoms with Crippen LogP contribution >= 0.6 is 27.5 Å². The van der Waals surface area contributed by atoms with E-state index in [1.165, 1.54) is 6.08 Å². The molecule has 2 rings (SSSR count). The first-order valence-electron chi connectivity index (χ1n) is 5.55. The molecule has 0 fully saturated rings. The number of nitrogens with one attached hydrogen (secondary N) is 1. The highest BCUT2D eigenvalue weighted by molar-refractivity contribution is 9.10. The molecule has 0 radical (unpaired) electrons. The van der Waals surface area contributed by atoms with Crippen LogP contribution in [0.25, 0.3) is 6.08 Å². The van der Waals surface area contributed by atoms with E-state index in [0.717, 1.165) is 11.3 Å². The second-order valence-electron chi connectivity index (χ2n) is 3.92. The molecule has 1 aromatic carbocycles. The van der Waals surface area contributed by atoms with E-state index in [1.54, 1.807) is 36.4 Å². The van der Waals surface area contributed by atoms with Crippen molar-refractivity contribution in [1.82, 2.24) is 0 Å². The van der Waals surface area contributed by atoms with Crippen molar-refractivity contribution in [3.05, 3.63) is 57.4 Å². The van der Waals surface area contributed by atoms with Gasteiger partial charge in [0.25, 0.3) is 0 Å². The van der Waals surface area contributed by atoms with Gasteiger partial charge in [-0.3, -0.25) is 4.79 Å². The molecule has 19 heavy (non-hydrogen) atoms. The number of halogens is 2. The summed E-state index contributed by atoms with van der Waals surface area (Å²) in [6.45, 7) is 1.88. The molecule has 98 valence electrons. The number of benzene rings is 1. The monoisotopic (exact) mass is 339 g/mol. The van der Waals surface area contributed by atoms with E-state index in [9.17, 15) is 4.79 Å². The highest BCUT2D eigenvalue weighted by Crippen LogP contribution is 2.20. The summed E-state index contributed by atoms with van der Waals surface area (Å²) in [7, 11) is 0. The first-order valence-corrected chi connectivity index (χ1v) is 6.72. The first-order chi connectivity index (χ1) is 9.04. The molecule has 0 aliphatic carbocycles. The van der Waals surface area contributed by atoms with E-state index in [-0.39, 0.29) is 5.91 Å². The van der Waals surface area contributed by atoms with Crippen molar-refractivity contribution in [1.29, 1.82) is 0 Å². The van der Waals surface area contributed by atoms with E-state index >= 15 is 0 Å². The van der Waals surface area contributed by atoms with Gasteiger partial charge in [-0.15, -0.1) is 0 Å². The molecule has 2 aromatic rings. The van der Waals surface area contributed by atoms with Gasteiger partial charge in [0.05, 0.1) is 0 Å². The summed E-state index contributed by atoms with van der Waals surface area (Å²) < 4.78 is 5.88. The van der Waals surface area contributed by atoms with Crippen molar-refractivity contribution in [3.63, 3.8) is 0 Å². The number of amides is 1. The molecule has 5 heteroatoms. The van der Waals surface area contributed by atoms with Crippen LogP contribution in [0.15, 0.2) is 45.5 Å². The Labute approximate surface area is 124 Å². The summed E-state index contributed by atoms with van der Waals surface area (Å²) >= 11 is 9.05. The third-order valence-electron chi connectivity index (χ3n) is 2.44. The number of carbonyl (C=O) groups is 1. The maximum absolute atomic E-state index is 11.7. The first kappa shape index (κ1) is 13.9. The lowest BCUT2D eigenvalue weighted by Crippen LogP contribution is -2.08. The number of hydrogen-bond acceptors (Lipinski definition) is 2. The zero-order valence-corrected chi connectivity index (χ0v) is 12.5. The molecule has 0 saturated heterocycles. The zero-order chi connectivity index (χ0) is 13.8. The van der Waals surface area contributed by atoms with Crippen LogP contribution in [0.4, 0.5) is 5.69 Å². The Hall–Kier alpha value is -1.52. The number of carbonyl (C=O) groups excluding carboxylic acids is 1. The molecule has 3 nitrogen and oxygen atoms in total. The highest BCUT2D eigenvalue weighted by atomic mass is 79.9. The highest BCUT2D eigenvalue weighted by Gasteiger charge is 2.02. The van der Waals surface area contributed by atoms with Crippen molar-refractivity contribution in [3.8, 4) is 0 Å². The topological polar surface area (TPSA) is 42.2 Å². The fourth-order valence-electron chi connectivity index (χ4n) is 1.52. The number of hydrogen-bond donors (Lipinski definition) is 1. The van der Waals surface area contributed by atoms with Gasteiger partial charge in [0.1, 0.15) is 5.76 Å². The van der Waals surface area contributed by atoms with Crippen molar-refractivity contribution >= 4 is 45.2 Å². The molecular formula is C14H11BrClNO2. The molecule has 0 bridgehead atoms. The van der Waals surface area contributed by atoms with Crippen molar-refractivity contribution < 1.29 is 9.21 Å². The second-order valence-corrected chi connectivity index (χ2v) is 5.14. The minimum atomic E-state index is -0.224. The van der Waals surface area contributed by atoms with Crippen molar-refractivity contribution in [2.24, 2.45) is 0 Å². The van der Waals surface area contributed by atoms with Gasteiger partial charge >= 0.3 is 0 Å². The van der Waals surface area contributed by atoms with Gasteiger partial charge in [-0.2, -0.15) is 0 Å². The molecule has 0 spiro atoms. The van der Waals surface area contributed by atoms with Crippen LogP contribution in [0.1, 0.15) is 11.3 Å². The van der Waals surface area contributed by atoms with Crippen molar-refractivity contribution in [2.75, 3.05) is 5.32 Å². The number of anilines is 1. The van der Waals surface area contributed by atoms with Gasteiger partial charge in [0.15, 0.2) is 4.67 Å². The molecule has 0 aliphatic heterocycles. The number of furan rings is 1. The predicted octanol–water partition coefficient (Wildman–Crippen LogP) is 4.66. The summed E-state index contributed by atoms with van der Waals surface area (Å²) in [5.74, 6) is 0.382. The summed E-state index contributed by atoms with van der Waals surface area (Å²) in [4.78, 5) is 11.7. The van der Waals surface area contributed by atoms with Gasteiger partial charge < -0.3 is 9.73 Å². The van der Waals surface area contributed by atoms with Crippen LogP contribution in [-0.4, -0.2) is 5.91 Å². The largest absolute Gasteiger partial charge is 0.450 e. The molecule has 0 saturated carbocycles. The van der Waals surface area contributed by atoms with Crippen LogP contribution in [-0.2, 0) is 4.79 Å². The Morgan fingerprint density at radius 2 is 2.16 bits per heavy atom. The van der Waals surface area contributed by atoms with Gasteiger partial charge in [0.2, 0.25) is 5.91 Å². The Morgan fingerprint density at radius 1 is 1.37 bits per heavy atom. The average Bonchev–Trinajstić information content (AvgIpc) is 2.76. The Bertz CT molecular complexity index is 634. The predicted molar refractivity (Wildman–Crippen MR) is 80.3 cm³/mol. The van der Waals surface area contributed by atoms with Crippen LogP contribution in [0.5, 0.6) is 0 Å². The van der Waals surface area contributed by atoms with Gasteiger partial charge in [-0.05, 0) is 64.8 Å². The Kier molecular flexibility index (Phi) is 4.45. The normalized spacial score (nSPS) is 10.9. The van der Waals surface area contributed by atoms with Crippen LogP contribution in [0.2, 0.25) is 5.02 Å². The minimum absolute atomic E-state index is 0.224. The lowest BCUT2D eigenvalue weighted by molar-refractivity contribution is -0.111. The molecule has 1 aromatic heterocycles. The summed E-state index contributed by atoms with van der Waals surface area (Å²) in [6, 6.07) is 8.83. The Balaban J connectivity index is 2.03. The average molecular weight is 341 g/mol. The third-order valence-corrected chi connectivity index (χ3v) is 3.10.